The van der Waals surface area contributed by atoms with Crippen LogP contribution in [-0.2, 0) is 0 Å². The molecule has 6 heterocycles. The first kappa shape index (κ1) is 21.6. The first-order valence-electron chi connectivity index (χ1n) is 12.1. The quantitative estimate of drug-likeness (QED) is 0.380. The zero-order valence-electron chi connectivity index (χ0n) is 19.9. The Labute approximate surface area is 204 Å². The molecular weight excluding hydrogens is 440 g/mol. The number of anilines is 1. The Hall–Kier alpha value is -3.94. The van der Waals surface area contributed by atoms with Gasteiger partial charge < -0.3 is 14.4 Å². The molecule has 0 spiro atoms. The van der Waals surface area contributed by atoms with Crippen LogP contribution in [0.3, 0.4) is 0 Å². The number of nitrogens with zero attached hydrogens (tertiary/aromatic N) is 6. The average molecular weight is 469 g/mol. The summed E-state index contributed by atoms with van der Waals surface area (Å²) in [6.07, 6.45) is 10.7. The number of hydrogen-bond donors (Lipinski definition) is 0. The van der Waals surface area contributed by atoms with Crippen LogP contribution in [-0.4, -0.2) is 58.6 Å². The van der Waals surface area contributed by atoms with E-state index in [0.717, 1.165) is 52.7 Å². The average Bonchev–Trinajstić information content (AvgIpc) is 3.31. The van der Waals surface area contributed by atoms with Crippen molar-refractivity contribution in [2.24, 2.45) is 16.8 Å². The van der Waals surface area contributed by atoms with Crippen molar-refractivity contribution in [3.8, 4) is 22.8 Å². The predicted molar refractivity (Wildman–Crippen MR) is 136 cm³/mol. The van der Waals surface area contributed by atoms with Gasteiger partial charge in [0, 0.05) is 73.3 Å². The molecule has 2 saturated heterocycles. The summed E-state index contributed by atoms with van der Waals surface area (Å²) in [7, 11) is 1.77. The summed E-state index contributed by atoms with van der Waals surface area (Å²) in [6.45, 7) is 4.47. The van der Waals surface area contributed by atoms with Gasteiger partial charge in [-0.05, 0) is 37.6 Å². The monoisotopic (exact) mass is 468 g/mol. The lowest BCUT2D eigenvalue weighted by Gasteiger charge is -2.53. The van der Waals surface area contributed by atoms with Crippen LogP contribution in [0.1, 0.15) is 18.9 Å². The summed E-state index contributed by atoms with van der Waals surface area (Å²) in [5.74, 6) is 3.50. The highest BCUT2D eigenvalue weighted by molar-refractivity contribution is 5.96. The molecule has 3 atom stereocenters. The van der Waals surface area contributed by atoms with Crippen molar-refractivity contribution in [1.82, 2.24) is 19.6 Å². The zero-order valence-corrected chi connectivity index (χ0v) is 19.9. The number of fused-ring (bicyclic) bond motifs is 3. The summed E-state index contributed by atoms with van der Waals surface area (Å²) in [6, 6.07) is 12.1. The third kappa shape index (κ3) is 3.99. The fourth-order valence-corrected chi connectivity index (χ4v) is 5.33. The minimum atomic E-state index is 0.246. The van der Waals surface area contributed by atoms with Gasteiger partial charge in [0.05, 0.1) is 24.5 Å². The Morgan fingerprint density at radius 2 is 2.00 bits per heavy atom. The topological polar surface area (TPSA) is 77.1 Å². The van der Waals surface area contributed by atoms with Crippen molar-refractivity contribution in [3.05, 3.63) is 66.7 Å². The number of pyridine rings is 3. The standard InChI is InChI=1S/C27H28N6O2/c1-3-34-22-11-23(26-21(12-28-2)14-31-33(26)17-22)18-7-8-24(30-13-18)32-15-19-10-20(16-32)27(19)35-25-6-4-5-9-29-25/h4-9,11-14,17,19-20,27H,3,10,15-16H2,1-2H3/b28-12+/t19-,20?,27+/m1/s1. The Morgan fingerprint density at radius 3 is 2.71 bits per heavy atom. The van der Waals surface area contributed by atoms with Crippen LogP contribution >= 0.6 is 0 Å². The van der Waals surface area contributed by atoms with Crippen LogP contribution in [0.25, 0.3) is 16.6 Å². The number of hydrogen-bond acceptors (Lipinski definition) is 7. The van der Waals surface area contributed by atoms with Crippen molar-refractivity contribution < 1.29 is 9.47 Å². The van der Waals surface area contributed by atoms with Gasteiger partial charge in [-0.25, -0.2) is 14.5 Å². The lowest BCUT2D eigenvalue weighted by atomic mass is 9.68. The number of aliphatic imine (C=N–C) groups is 1. The third-order valence-electron chi connectivity index (χ3n) is 6.92. The maximum Gasteiger partial charge on any atom is 0.213 e. The maximum atomic E-state index is 6.18. The summed E-state index contributed by atoms with van der Waals surface area (Å²) in [5, 5.41) is 4.51. The molecule has 4 aromatic heterocycles. The normalized spacial score (nSPS) is 21.3. The molecule has 3 fully saturated rings. The molecule has 8 nitrogen and oxygen atoms in total. The molecule has 1 saturated carbocycles. The van der Waals surface area contributed by atoms with E-state index >= 15 is 0 Å². The SMILES string of the molecule is CCOc1cc(-c2ccc(N3CC4C[C@H](C3)[C@@H]4Oc3ccccn3)nc2)c2c(/C=N/C)cnn2c1. The second kappa shape index (κ2) is 9.02. The fourth-order valence-electron chi connectivity index (χ4n) is 5.33. The van der Waals surface area contributed by atoms with Crippen LogP contribution in [0.4, 0.5) is 5.82 Å². The van der Waals surface area contributed by atoms with E-state index in [4.69, 9.17) is 14.5 Å². The zero-order chi connectivity index (χ0) is 23.8. The van der Waals surface area contributed by atoms with Gasteiger partial charge in [-0.3, -0.25) is 4.99 Å². The van der Waals surface area contributed by atoms with Gasteiger partial charge in [0.2, 0.25) is 5.88 Å². The fraction of sp³-hybridized carbons (Fsp3) is 0.333. The first-order valence-corrected chi connectivity index (χ1v) is 12.1. The van der Waals surface area contributed by atoms with Gasteiger partial charge in [0.15, 0.2) is 0 Å². The molecule has 2 aliphatic heterocycles. The molecule has 3 aliphatic rings. The van der Waals surface area contributed by atoms with Crippen molar-refractivity contribution >= 4 is 17.5 Å². The molecule has 4 aromatic rings. The van der Waals surface area contributed by atoms with E-state index in [1.54, 1.807) is 13.2 Å². The summed E-state index contributed by atoms with van der Waals surface area (Å²) >= 11 is 0. The van der Waals surface area contributed by atoms with Gasteiger partial charge in [-0.2, -0.15) is 5.10 Å². The molecule has 0 amide bonds. The third-order valence-corrected chi connectivity index (χ3v) is 6.92. The number of ether oxygens (including phenoxy) is 2. The number of rotatable bonds is 7. The highest BCUT2D eigenvalue weighted by Gasteiger charge is 2.48. The maximum absolute atomic E-state index is 6.18. The van der Waals surface area contributed by atoms with E-state index in [2.05, 4.69) is 38.2 Å². The number of aromatic nitrogens is 4. The molecular formula is C27H28N6O2. The molecule has 35 heavy (non-hydrogen) atoms. The van der Waals surface area contributed by atoms with Gasteiger partial charge in [0.25, 0.3) is 0 Å². The van der Waals surface area contributed by atoms with Crippen molar-refractivity contribution in [1.29, 1.82) is 0 Å². The molecule has 1 unspecified atom stereocenters. The highest BCUT2D eigenvalue weighted by Crippen LogP contribution is 2.43. The Morgan fingerprint density at radius 1 is 1.11 bits per heavy atom. The van der Waals surface area contributed by atoms with E-state index < -0.39 is 0 Å². The van der Waals surface area contributed by atoms with Gasteiger partial charge in [-0.1, -0.05) is 6.07 Å². The lowest BCUT2D eigenvalue weighted by molar-refractivity contribution is -0.0367. The second-order valence-electron chi connectivity index (χ2n) is 9.12. The van der Waals surface area contributed by atoms with E-state index in [0.29, 0.717) is 18.4 Å². The van der Waals surface area contributed by atoms with E-state index in [1.165, 1.54) is 6.42 Å². The summed E-state index contributed by atoms with van der Waals surface area (Å²) < 4.78 is 13.8. The van der Waals surface area contributed by atoms with Crippen LogP contribution in [0, 0.1) is 11.8 Å². The summed E-state index contributed by atoms with van der Waals surface area (Å²) in [5.41, 5.74) is 3.99. The molecule has 0 N–H and O–H groups in total. The molecule has 7 rings (SSSR count). The van der Waals surface area contributed by atoms with Crippen LogP contribution in [0.5, 0.6) is 11.6 Å². The summed E-state index contributed by atoms with van der Waals surface area (Å²) in [4.78, 5) is 15.7. The molecule has 1 aliphatic carbocycles. The van der Waals surface area contributed by atoms with Crippen molar-refractivity contribution in [3.63, 3.8) is 0 Å². The van der Waals surface area contributed by atoms with Gasteiger partial charge in [0.1, 0.15) is 17.7 Å². The minimum absolute atomic E-state index is 0.246. The van der Waals surface area contributed by atoms with Gasteiger partial charge in [-0.15, -0.1) is 0 Å². The second-order valence-corrected chi connectivity index (χ2v) is 9.12. The molecule has 0 radical (unpaired) electrons. The van der Waals surface area contributed by atoms with Crippen molar-refractivity contribution in [2.75, 3.05) is 31.6 Å². The Bertz CT molecular complexity index is 1340. The van der Waals surface area contributed by atoms with E-state index in [-0.39, 0.29) is 6.10 Å². The van der Waals surface area contributed by atoms with Crippen LogP contribution < -0.4 is 14.4 Å². The predicted octanol–water partition coefficient (Wildman–Crippen LogP) is 4.14. The van der Waals surface area contributed by atoms with Crippen molar-refractivity contribution in [2.45, 2.75) is 19.4 Å². The largest absolute Gasteiger partial charge is 0.492 e. The lowest BCUT2D eigenvalue weighted by Crippen LogP contribution is -2.60. The Balaban J connectivity index is 1.23. The molecule has 178 valence electrons. The van der Waals surface area contributed by atoms with Crippen LogP contribution in [0.15, 0.2) is 66.2 Å². The first-order chi connectivity index (χ1) is 17.2. The van der Waals surface area contributed by atoms with E-state index in [1.807, 2.05) is 54.4 Å². The molecule has 8 heteroatoms. The van der Waals surface area contributed by atoms with E-state index in [9.17, 15) is 0 Å². The molecule has 2 bridgehead atoms. The number of piperidine rings is 2. The Kier molecular flexibility index (Phi) is 5.56. The molecule has 0 aromatic carbocycles. The van der Waals surface area contributed by atoms with Gasteiger partial charge >= 0.3 is 0 Å². The smallest absolute Gasteiger partial charge is 0.213 e. The minimum Gasteiger partial charge on any atom is -0.492 e. The van der Waals surface area contributed by atoms with Crippen LogP contribution in [0.2, 0.25) is 0 Å². The highest BCUT2D eigenvalue weighted by atomic mass is 16.5.